The Labute approximate surface area is 204 Å². The number of aryl methyl sites for hydroxylation is 2. The van der Waals surface area contributed by atoms with Gasteiger partial charge in [-0.3, -0.25) is 18.8 Å². The molecule has 0 saturated heterocycles. The molecule has 4 aromatic rings. The summed E-state index contributed by atoms with van der Waals surface area (Å²) < 4.78 is 10.2. The van der Waals surface area contributed by atoms with Crippen molar-refractivity contribution in [3.05, 3.63) is 97.3 Å². The number of rotatable bonds is 3. The fourth-order valence-corrected chi connectivity index (χ4v) is 6.03. The lowest BCUT2D eigenvalue weighted by atomic mass is 9.80. The Balaban J connectivity index is 1.54. The van der Waals surface area contributed by atoms with Crippen LogP contribution in [0.3, 0.4) is 0 Å². The summed E-state index contributed by atoms with van der Waals surface area (Å²) in [7, 11) is 1.83. The number of hydrogen-bond donors (Lipinski definition) is 1. The number of anilines is 1. The Hall–Kier alpha value is -3.98. The molecule has 35 heavy (non-hydrogen) atoms. The van der Waals surface area contributed by atoms with Crippen LogP contribution in [0.5, 0.6) is 5.75 Å². The Bertz CT molecular complexity index is 1670. The van der Waals surface area contributed by atoms with E-state index in [2.05, 4.69) is 10.4 Å². The van der Waals surface area contributed by atoms with Gasteiger partial charge in [0.25, 0.3) is 5.56 Å². The van der Waals surface area contributed by atoms with Gasteiger partial charge in [0.05, 0.1) is 16.8 Å². The number of benzene rings is 2. The number of amides is 1. The monoisotopic (exact) mass is 485 g/mol. The predicted octanol–water partition coefficient (Wildman–Crippen LogP) is 2.37. The van der Waals surface area contributed by atoms with E-state index in [4.69, 9.17) is 9.73 Å². The molecule has 3 atom stereocenters. The lowest BCUT2D eigenvalue weighted by Gasteiger charge is -2.45. The molecule has 4 heterocycles. The molecule has 0 aliphatic carbocycles. The van der Waals surface area contributed by atoms with Gasteiger partial charge < -0.3 is 10.1 Å². The maximum atomic E-state index is 13.8. The van der Waals surface area contributed by atoms with Crippen molar-refractivity contribution in [2.75, 3.05) is 5.32 Å². The highest BCUT2D eigenvalue weighted by atomic mass is 32.1. The highest BCUT2D eigenvalue weighted by Crippen LogP contribution is 2.47. The summed E-state index contributed by atoms with van der Waals surface area (Å²) in [5.41, 5.74) is 1.93. The third-order valence-electron chi connectivity index (χ3n) is 6.59. The van der Waals surface area contributed by atoms with Gasteiger partial charge in [-0.25, -0.2) is 4.99 Å². The standard InChI is InChI=1S/C26H23N5O3S/c1-15-8-4-6-10-18(15)28-23(32)21-22-17-9-5-7-11-19(17)34-26(21,2)29-25-31(22)24(33)20(35-25)12-16-13-27-30(3)14-16/h4-14,21-22H,1-3H3,(H,28,32). The van der Waals surface area contributed by atoms with Gasteiger partial charge in [-0.15, -0.1) is 0 Å². The molecule has 8 nitrogen and oxygen atoms in total. The molecule has 2 aromatic heterocycles. The molecular weight excluding hydrogens is 462 g/mol. The van der Waals surface area contributed by atoms with Crippen LogP contribution in [-0.2, 0) is 11.8 Å². The highest BCUT2D eigenvalue weighted by molar-refractivity contribution is 7.07. The second-order valence-electron chi connectivity index (χ2n) is 9.05. The van der Waals surface area contributed by atoms with Crippen LogP contribution >= 0.6 is 11.3 Å². The fraction of sp³-hybridized carbons (Fsp3) is 0.231. The molecule has 6 rings (SSSR count). The summed E-state index contributed by atoms with van der Waals surface area (Å²) in [5, 5.41) is 7.24. The van der Waals surface area contributed by atoms with E-state index in [0.717, 1.165) is 22.4 Å². The van der Waals surface area contributed by atoms with Crippen LogP contribution in [0.15, 0.2) is 70.7 Å². The quantitative estimate of drug-likeness (QED) is 0.482. The van der Waals surface area contributed by atoms with Crippen molar-refractivity contribution in [2.24, 2.45) is 18.0 Å². The average molecular weight is 486 g/mol. The molecule has 2 aromatic carbocycles. The van der Waals surface area contributed by atoms with Gasteiger partial charge in [0.15, 0.2) is 4.80 Å². The molecule has 1 amide bonds. The molecule has 2 bridgehead atoms. The van der Waals surface area contributed by atoms with E-state index in [0.29, 0.717) is 15.1 Å². The van der Waals surface area contributed by atoms with Crippen LogP contribution in [0.25, 0.3) is 6.08 Å². The zero-order valence-corrected chi connectivity index (χ0v) is 20.2. The number of carbonyl (C=O) groups excluding carboxylic acids is 1. The molecule has 176 valence electrons. The van der Waals surface area contributed by atoms with E-state index in [9.17, 15) is 9.59 Å². The fourth-order valence-electron chi connectivity index (χ4n) is 4.93. The number of carbonyl (C=O) groups is 1. The molecule has 0 fully saturated rings. The Morgan fingerprint density at radius 1 is 1.20 bits per heavy atom. The van der Waals surface area contributed by atoms with Gasteiger partial charge in [0, 0.05) is 30.1 Å². The van der Waals surface area contributed by atoms with Gasteiger partial charge in [-0.2, -0.15) is 5.10 Å². The summed E-state index contributed by atoms with van der Waals surface area (Å²) in [5.74, 6) is -0.361. The number of hydrogen-bond acceptors (Lipinski definition) is 6. The van der Waals surface area contributed by atoms with Gasteiger partial charge in [-0.05, 0) is 37.6 Å². The molecule has 3 unspecified atom stereocenters. The SMILES string of the molecule is Cc1ccccc1NC(=O)C1C2c3ccccc3OC1(C)N=c1sc(=Cc3cnn(C)c3)c(=O)n12. The Morgan fingerprint density at radius 3 is 2.74 bits per heavy atom. The van der Waals surface area contributed by atoms with E-state index < -0.39 is 17.7 Å². The number of aromatic nitrogens is 3. The Morgan fingerprint density at radius 2 is 1.97 bits per heavy atom. The molecular formula is C26H23N5O3S. The lowest BCUT2D eigenvalue weighted by Crippen LogP contribution is -2.59. The molecule has 0 radical (unpaired) electrons. The van der Waals surface area contributed by atoms with Crippen molar-refractivity contribution in [2.45, 2.75) is 25.6 Å². The van der Waals surface area contributed by atoms with E-state index in [-0.39, 0.29) is 11.5 Å². The summed E-state index contributed by atoms with van der Waals surface area (Å²) in [6.45, 7) is 3.76. The van der Waals surface area contributed by atoms with Crippen LogP contribution in [0.2, 0.25) is 0 Å². The number of nitrogens with zero attached hydrogens (tertiary/aromatic N) is 4. The second kappa shape index (κ2) is 7.78. The highest BCUT2D eigenvalue weighted by Gasteiger charge is 2.55. The predicted molar refractivity (Wildman–Crippen MR) is 133 cm³/mol. The van der Waals surface area contributed by atoms with Crippen molar-refractivity contribution in [3.8, 4) is 5.75 Å². The minimum absolute atomic E-state index is 0.185. The summed E-state index contributed by atoms with van der Waals surface area (Å²) in [4.78, 5) is 32.9. The van der Waals surface area contributed by atoms with E-state index in [1.54, 1.807) is 15.4 Å². The number of ether oxygens (including phenoxy) is 1. The van der Waals surface area contributed by atoms with Gasteiger partial charge >= 0.3 is 0 Å². The number of thiazole rings is 1. The van der Waals surface area contributed by atoms with Gasteiger partial charge in [0.2, 0.25) is 11.6 Å². The molecule has 2 aliphatic heterocycles. The molecule has 0 spiro atoms. The van der Waals surface area contributed by atoms with Crippen molar-refractivity contribution in [3.63, 3.8) is 0 Å². The zero-order valence-electron chi connectivity index (χ0n) is 19.4. The second-order valence-corrected chi connectivity index (χ2v) is 10.1. The van der Waals surface area contributed by atoms with Gasteiger partial charge in [-0.1, -0.05) is 47.7 Å². The van der Waals surface area contributed by atoms with Crippen LogP contribution in [0.4, 0.5) is 5.69 Å². The van der Waals surface area contributed by atoms with Crippen LogP contribution in [0, 0.1) is 12.8 Å². The van der Waals surface area contributed by atoms with Crippen molar-refractivity contribution < 1.29 is 9.53 Å². The summed E-state index contributed by atoms with van der Waals surface area (Å²) in [6.07, 6.45) is 5.36. The normalized spacial score (nSPS) is 22.5. The third kappa shape index (κ3) is 3.42. The summed E-state index contributed by atoms with van der Waals surface area (Å²) in [6, 6.07) is 14.6. The molecule has 9 heteroatoms. The first-order valence-corrected chi connectivity index (χ1v) is 12.1. The van der Waals surface area contributed by atoms with Crippen molar-refractivity contribution >= 4 is 29.0 Å². The van der Waals surface area contributed by atoms with E-state index >= 15 is 0 Å². The minimum atomic E-state index is -1.17. The molecule has 0 saturated carbocycles. The zero-order chi connectivity index (χ0) is 24.3. The topological polar surface area (TPSA) is 90.5 Å². The van der Waals surface area contributed by atoms with Crippen LogP contribution in [0.1, 0.15) is 29.7 Å². The first kappa shape index (κ1) is 21.5. The Kier molecular flexibility index (Phi) is 4.79. The van der Waals surface area contributed by atoms with Crippen molar-refractivity contribution in [1.82, 2.24) is 14.3 Å². The lowest BCUT2D eigenvalue weighted by molar-refractivity contribution is -0.131. The largest absolute Gasteiger partial charge is 0.465 e. The maximum Gasteiger partial charge on any atom is 0.270 e. The first-order chi connectivity index (χ1) is 16.8. The minimum Gasteiger partial charge on any atom is -0.465 e. The molecule has 1 N–H and O–H groups in total. The third-order valence-corrected chi connectivity index (χ3v) is 7.57. The molecule has 2 aliphatic rings. The van der Waals surface area contributed by atoms with Crippen molar-refractivity contribution in [1.29, 1.82) is 0 Å². The van der Waals surface area contributed by atoms with E-state index in [1.165, 1.54) is 11.3 Å². The van der Waals surface area contributed by atoms with Crippen LogP contribution < -0.4 is 24.9 Å². The summed E-state index contributed by atoms with van der Waals surface area (Å²) >= 11 is 1.30. The number of nitrogens with one attached hydrogen (secondary N) is 1. The number of para-hydroxylation sites is 2. The first-order valence-electron chi connectivity index (χ1n) is 11.3. The van der Waals surface area contributed by atoms with Gasteiger partial charge in [0.1, 0.15) is 11.7 Å². The van der Waals surface area contributed by atoms with E-state index in [1.807, 2.05) is 81.7 Å². The van der Waals surface area contributed by atoms with Crippen LogP contribution in [-0.4, -0.2) is 26.0 Å². The maximum absolute atomic E-state index is 13.8. The number of fused-ring (bicyclic) bond motifs is 6. The smallest absolute Gasteiger partial charge is 0.270 e. The average Bonchev–Trinajstić information content (AvgIpc) is 3.36.